The maximum atomic E-state index is 12.2. The second-order valence-electron chi connectivity index (χ2n) is 6.30. The van der Waals surface area contributed by atoms with Crippen LogP contribution in [0.2, 0.25) is 0 Å². The molecule has 1 amide bonds. The Balaban J connectivity index is 1.85. The first-order valence-electron chi connectivity index (χ1n) is 8.04. The number of imidazole rings is 1. The second-order valence-corrected chi connectivity index (χ2v) is 6.30. The highest BCUT2D eigenvalue weighted by atomic mass is 16.3. The van der Waals surface area contributed by atoms with Gasteiger partial charge in [-0.3, -0.25) is 4.79 Å². The number of nitrogens with one attached hydrogen (secondary N) is 1. The molecule has 1 aromatic rings. The van der Waals surface area contributed by atoms with E-state index in [0.717, 1.165) is 38.5 Å². The number of amides is 1. The minimum absolute atomic E-state index is 0.0712. The SMILES string of the molecule is CCCC(CC(=O)NCC1(CO)CCCC1)n1ccnc1. The molecular formula is C16H27N3O2. The van der Waals surface area contributed by atoms with E-state index in [2.05, 4.69) is 17.2 Å². The summed E-state index contributed by atoms with van der Waals surface area (Å²) < 4.78 is 2.01. The van der Waals surface area contributed by atoms with Gasteiger partial charge in [-0.15, -0.1) is 0 Å². The van der Waals surface area contributed by atoms with Crippen LogP contribution in [0.25, 0.3) is 0 Å². The van der Waals surface area contributed by atoms with Crippen LogP contribution in [0.4, 0.5) is 0 Å². The highest BCUT2D eigenvalue weighted by Crippen LogP contribution is 2.36. The largest absolute Gasteiger partial charge is 0.396 e. The molecule has 1 aromatic heterocycles. The van der Waals surface area contributed by atoms with Crippen molar-refractivity contribution in [2.75, 3.05) is 13.2 Å². The number of carbonyl (C=O) groups excluding carboxylic acids is 1. The summed E-state index contributed by atoms with van der Waals surface area (Å²) in [5, 5.41) is 12.6. The van der Waals surface area contributed by atoms with E-state index >= 15 is 0 Å². The van der Waals surface area contributed by atoms with E-state index in [-0.39, 0.29) is 24.0 Å². The second kappa shape index (κ2) is 7.59. The first kappa shape index (κ1) is 16.0. The highest BCUT2D eigenvalue weighted by molar-refractivity contribution is 5.76. The van der Waals surface area contributed by atoms with Crippen molar-refractivity contribution >= 4 is 5.91 Å². The number of hydrogen-bond acceptors (Lipinski definition) is 3. The Morgan fingerprint density at radius 3 is 2.81 bits per heavy atom. The number of carbonyl (C=O) groups is 1. The van der Waals surface area contributed by atoms with Crippen LogP contribution in [0.15, 0.2) is 18.7 Å². The monoisotopic (exact) mass is 293 g/mol. The van der Waals surface area contributed by atoms with Crippen molar-refractivity contribution in [3.8, 4) is 0 Å². The van der Waals surface area contributed by atoms with Crippen LogP contribution < -0.4 is 5.32 Å². The predicted octanol–water partition coefficient (Wildman–Crippen LogP) is 2.28. The van der Waals surface area contributed by atoms with Gasteiger partial charge in [0, 0.05) is 36.8 Å². The van der Waals surface area contributed by atoms with Gasteiger partial charge in [-0.2, -0.15) is 0 Å². The minimum atomic E-state index is -0.0785. The third-order valence-electron chi connectivity index (χ3n) is 4.65. The zero-order valence-electron chi connectivity index (χ0n) is 12.9. The predicted molar refractivity (Wildman–Crippen MR) is 81.8 cm³/mol. The Bertz CT molecular complexity index is 425. The first-order chi connectivity index (χ1) is 10.2. The van der Waals surface area contributed by atoms with Crippen molar-refractivity contribution in [3.63, 3.8) is 0 Å². The first-order valence-corrected chi connectivity index (χ1v) is 8.04. The Labute approximate surface area is 126 Å². The number of aliphatic hydroxyl groups is 1. The van der Waals surface area contributed by atoms with Crippen molar-refractivity contribution in [3.05, 3.63) is 18.7 Å². The summed E-state index contributed by atoms with van der Waals surface area (Å²) >= 11 is 0. The Morgan fingerprint density at radius 1 is 1.48 bits per heavy atom. The lowest BCUT2D eigenvalue weighted by molar-refractivity contribution is -0.122. The highest BCUT2D eigenvalue weighted by Gasteiger charge is 2.33. The smallest absolute Gasteiger partial charge is 0.222 e. The van der Waals surface area contributed by atoms with Gasteiger partial charge >= 0.3 is 0 Å². The third-order valence-corrected chi connectivity index (χ3v) is 4.65. The van der Waals surface area contributed by atoms with Gasteiger partial charge < -0.3 is 15.0 Å². The van der Waals surface area contributed by atoms with Crippen molar-refractivity contribution in [1.82, 2.24) is 14.9 Å². The average Bonchev–Trinajstić information content (AvgIpc) is 3.17. The van der Waals surface area contributed by atoms with Gasteiger partial charge in [-0.05, 0) is 19.3 Å². The number of rotatable bonds is 8. The Morgan fingerprint density at radius 2 is 2.24 bits per heavy atom. The van der Waals surface area contributed by atoms with Gasteiger partial charge in [0.15, 0.2) is 0 Å². The number of nitrogens with zero attached hydrogens (tertiary/aromatic N) is 2. The molecule has 0 aliphatic heterocycles. The van der Waals surface area contributed by atoms with E-state index in [0.29, 0.717) is 13.0 Å². The fourth-order valence-corrected chi connectivity index (χ4v) is 3.26. The van der Waals surface area contributed by atoms with Crippen molar-refractivity contribution in [2.45, 2.75) is 57.9 Å². The lowest BCUT2D eigenvalue weighted by atomic mass is 9.87. The van der Waals surface area contributed by atoms with Crippen molar-refractivity contribution in [1.29, 1.82) is 0 Å². The van der Waals surface area contributed by atoms with E-state index in [1.165, 1.54) is 0 Å². The topological polar surface area (TPSA) is 67.2 Å². The van der Waals surface area contributed by atoms with Crippen molar-refractivity contribution in [2.24, 2.45) is 5.41 Å². The fourth-order valence-electron chi connectivity index (χ4n) is 3.26. The van der Waals surface area contributed by atoms with Crippen molar-refractivity contribution < 1.29 is 9.90 Å². The van der Waals surface area contributed by atoms with Crippen LogP contribution in [0.1, 0.15) is 57.9 Å². The molecular weight excluding hydrogens is 266 g/mol. The van der Waals surface area contributed by atoms with E-state index in [4.69, 9.17) is 0 Å². The van der Waals surface area contributed by atoms with Gasteiger partial charge in [0.05, 0.1) is 12.9 Å². The molecule has 0 radical (unpaired) electrons. The lowest BCUT2D eigenvalue weighted by Gasteiger charge is -2.27. The maximum Gasteiger partial charge on any atom is 0.222 e. The number of aliphatic hydroxyl groups excluding tert-OH is 1. The van der Waals surface area contributed by atoms with Gasteiger partial charge in [0.2, 0.25) is 5.91 Å². The molecule has 0 saturated heterocycles. The number of hydrogen-bond donors (Lipinski definition) is 2. The molecule has 1 aliphatic carbocycles. The van der Waals surface area contributed by atoms with Crippen LogP contribution in [0.5, 0.6) is 0 Å². The molecule has 1 unspecified atom stereocenters. The molecule has 0 spiro atoms. The molecule has 0 aromatic carbocycles. The molecule has 21 heavy (non-hydrogen) atoms. The van der Waals surface area contributed by atoms with E-state index in [9.17, 15) is 9.90 Å². The zero-order chi connectivity index (χ0) is 15.1. The van der Waals surface area contributed by atoms with Crippen LogP contribution in [0, 0.1) is 5.41 Å². The minimum Gasteiger partial charge on any atom is -0.396 e. The average molecular weight is 293 g/mol. The molecule has 2 N–H and O–H groups in total. The molecule has 1 atom stereocenters. The normalized spacial score (nSPS) is 18.6. The lowest BCUT2D eigenvalue weighted by Crippen LogP contribution is -2.39. The van der Waals surface area contributed by atoms with Crippen LogP contribution in [0.3, 0.4) is 0 Å². The fraction of sp³-hybridized carbons (Fsp3) is 0.750. The Kier molecular flexibility index (Phi) is 5.79. The molecule has 1 fully saturated rings. The summed E-state index contributed by atoms with van der Waals surface area (Å²) in [6.07, 6.45) is 12.3. The van der Waals surface area contributed by atoms with Gasteiger partial charge in [-0.25, -0.2) is 4.98 Å². The van der Waals surface area contributed by atoms with E-state index < -0.39 is 0 Å². The summed E-state index contributed by atoms with van der Waals surface area (Å²) in [6, 6.07) is 0.172. The van der Waals surface area contributed by atoms with Gasteiger partial charge in [0.25, 0.3) is 0 Å². The summed E-state index contributed by atoms with van der Waals surface area (Å²) in [5.41, 5.74) is -0.0785. The molecule has 5 heteroatoms. The maximum absolute atomic E-state index is 12.2. The summed E-state index contributed by atoms with van der Waals surface area (Å²) in [4.78, 5) is 16.3. The van der Waals surface area contributed by atoms with E-state index in [1.54, 1.807) is 12.5 Å². The molecule has 0 bridgehead atoms. The summed E-state index contributed by atoms with van der Waals surface area (Å²) in [7, 11) is 0. The van der Waals surface area contributed by atoms with Gasteiger partial charge in [0.1, 0.15) is 0 Å². The van der Waals surface area contributed by atoms with Crippen LogP contribution in [-0.4, -0.2) is 33.7 Å². The summed E-state index contributed by atoms with van der Waals surface area (Å²) in [6.45, 7) is 2.90. The molecule has 5 nitrogen and oxygen atoms in total. The molecule has 118 valence electrons. The molecule has 1 aliphatic rings. The number of aromatic nitrogens is 2. The standard InChI is InChI=1S/C16H27N3O2/c1-2-5-14(19-9-8-17-13-19)10-15(21)18-11-16(12-20)6-3-4-7-16/h8-9,13-14,20H,2-7,10-12H2,1H3,(H,18,21). The quantitative estimate of drug-likeness (QED) is 0.772. The van der Waals surface area contributed by atoms with Gasteiger partial charge in [-0.1, -0.05) is 26.2 Å². The van der Waals surface area contributed by atoms with E-state index in [1.807, 2.05) is 10.8 Å². The molecule has 2 rings (SSSR count). The third kappa shape index (κ3) is 4.30. The van der Waals surface area contributed by atoms with Crippen LogP contribution in [-0.2, 0) is 4.79 Å². The van der Waals surface area contributed by atoms with Crippen LogP contribution >= 0.6 is 0 Å². The zero-order valence-corrected chi connectivity index (χ0v) is 12.9. The summed E-state index contributed by atoms with van der Waals surface area (Å²) in [5.74, 6) is 0.0712. The molecule has 1 saturated carbocycles. The molecule has 1 heterocycles. The Hall–Kier alpha value is -1.36.